The molecule has 1 saturated carbocycles. The van der Waals surface area contributed by atoms with E-state index >= 15 is 0 Å². The van der Waals surface area contributed by atoms with Crippen molar-refractivity contribution in [2.24, 2.45) is 0 Å². The summed E-state index contributed by atoms with van der Waals surface area (Å²) in [7, 11) is 2.11. The van der Waals surface area contributed by atoms with E-state index in [1.165, 1.54) is 0 Å². The number of aliphatic carboxylic acids is 1. The maximum atomic E-state index is 13.6. The number of amides is 1. The summed E-state index contributed by atoms with van der Waals surface area (Å²) in [6.45, 7) is 3.85. The van der Waals surface area contributed by atoms with Gasteiger partial charge in [-0.1, -0.05) is 0 Å². The van der Waals surface area contributed by atoms with Crippen LogP contribution in [0.4, 0.5) is 14.5 Å². The molecular formula is C25H27F2N3O4. The summed E-state index contributed by atoms with van der Waals surface area (Å²) in [4.78, 5) is 29.4. The summed E-state index contributed by atoms with van der Waals surface area (Å²) in [5.74, 6) is -4.81. The summed E-state index contributed by atoms with van der Waals surface area (Å²) >= 11 is 0. The monoisotopic (exact) mass is 471 g/mol. The number of hydrogen-bond donors (Lipinski definition) is 2. The molecule has 2 aliphatic rings. The first-order chi connectivity index (χ1) is 16.2. The van der Waals surface area contributed by atoms with E-state index in [-0.39, 0.29) is 18.4 Å². The van der Waals surface area contributed by atoms with Crippen molar-refractivity contribution in [2.75, 3.05) is 38.1 Å². The average Bonchev–Trinajstić information content (AvgIpc) is 3.18. The molecule has 34 heavy (non-hydrogen) atoms. The SMILES string of the molecule is CN1CCN(c2ccc3c(c2)oc2cc(C(=O)NC4(C(=O)O)CCC(F)(F)CC4)ccc23)CC1. The molecule has 1 amide bonds. The first-order valence-electron chi connectivity index (χ1n) is 11.5. The van der Waals surface area contributed by atoms with Gasteiger partial charge in [-0.15, -0.1) is 0 Å². The van der Waals surface area contributed by atoms with E-state index < -0.39 is 36.2 Å². The summed E-state index contributed by atoms with van der Waals surface area (Å²) in [6.07, 6.45) is -1.78. The van der Waals surface area contributed by atoms with Gasteiger partial charge in [0.25, 0.3) is 5.91 Å². The minimum absolute atomic E-state index is 0.226. The van der Waals surface area contributed by atoms with Gasteiger partial charge in [0, 0.05) is 67.1 Å². The number of benzene rings is 2. The lowest BCUT2D eigenvalue weighted by Gasteiger charge is -2.37. The first-order valence-corrected chi connectivity index (χ1v) is 11.5. The van der Waals surface area contributed by atoms with Gasteiger partial charge >= 0.3 is 5.97 Å². The van der Waals surface area contributed by atoms with Gasteiger partial charge in [-0.3, -0.25) is 4.79 Å². The molecule has 0 radical (unpaired) electrons. The second-order valence-electron chi connectivity index (χ2n) is 9.48. The molecule has 0 atom stereocenters. The lowest BCUT2D eigenvalue weighted by Crippen LogP contribution is -2.57. The second-order valence-corrected chi connectivity index (χ2v) is 9.48. The van der Waals surface area contributed by atoms with Gasteiger partial charge in [-0.2, -0.15) is 0 Å². The summed E-state index contributed by atoms with van der Waals surface area (Å²) in [5, 5.41) is 14.0. The van der Waals surface area contributed by atoms with E-state index in [1.807, 2.05) is 12.1 Å². The zero-order valence-corrected chi connectivity index (χ0v) is 18.9. The van der Waals surface area contributed by atoms with E-state index in [0.717, 1.165) is 42.6 Å². The lowest BCUT2D eigenvalue weighted by atomic mass is 9.79. The van der Waals surface area contributed by atoms with Crippen molar-refractivity contribution in [3.63, 3.8) is 0 Å². The number of fused-ring (bicyclic) bond motifs is 3. The Hall–Kier alpha value is -3.20. The standard InChI is InChI=1S/C25H27F2N3O4/c1-29-10-12-30(13-11-29)17-3-5-19-18-4-2-16(14-20(18)34-21(19)15-17)22(31)28-24(23(32)33)6-8-25(26,27)9-7-24/h2-5,14-15H,6-13H2,1H3,(H,28,31)(H,32,33). The second kappa shape index (κ2) is 8.23. The van der Waals surface area contributed by atoms with Gasteiger partial charge < -0.3 is 24.6 Å². The van der Waals surface area contributed by atoms with Gasteiger partial charge in [0.1, 0.15) is 16.7 Å². The molecule has 1 aliphatic carbocycles. The third-order valence-electron chi connectivity index (χ3n) is 7.18. The highest BCUT2D eigenvalue weighted by molar-refractivity contribution is 6.08. The average molecular weight is 472 g/mol. The number of piperazine rings is 1. The Bertz CT molecular complexity index is 1250. The van der Waals surface area contributed by atoms with Crippen LogP contribution in [-0.4, -0.2) is 66.6 Å². The zero-order valence-electron chi connectivity index (χ0n) is 18.9. The number of carbonyl (C=O) groups excluding carboxylic acids is 1. The van der Waals surface area contributed by atoms with Gasteiger partial charge in [-0.05, 0) is 50.2 Å². The summed E-state index contributed by atoms with van der Waals surface area (Å²) < 4.78 is 33.2. The number of nitrogens with one attached hydrogen (secondary N) is 1. The Morgan fingerprint density at radius 1 is 0.941 bits per heavy atom. The Balaban J connectivity index is 1.40. The number of hydrogen-bond acceptors (Lipinski definition) is 5. The number of halogens is 2. The molecule has 2 heterocycles. The van der Waals surface area contributed by atoms with Crippen LogP contribution in [0.3, 0.4) is 0 Å². The molecule has 7 nitrogen and oxygen atoms in total. The predicted octanol–water partition coefficient (Wildman–Crippen LogP) is 4.10. The van der Waals surface area contributed by atoms with Crippen LogP contribution in [0, 0.1) is 0 Å². The normalized spacial score (nSPS) is 20.5. The van der Waals surface area contributed by atoms with Crippen molar-refractivity contribution in [1.29, 1.82) is 0 Å². The maximum absolute atomic E-state index is 13.6. The van der Waals surface area contributed by atoms with E-state index in [0.29, 0.717) is 11.2 Å². The van der Waals surface area contributed by atoms with Gasteiger partial charge in [-0.25, -0.2) is 13.6 Å². The van der Waals surface area contributed by atoms with Gasteiger partial charge in [0.05, 0.1) is 0 Å². The number of carbonyl (C=O) groups is 2. The van der Waals surface area contributed by atoms with E-state index in [2.05, 4.69) is 28.2 Å². The molecule has 1 aliphatic heterocycles. The topological polar surface area (TPSA) is 86.0 Å². The summed E-state index contributed by atoms with van der Waals surface area (Å²) in [5.41, 5.74) is 0.830. The fraction of sp³-hybridized carbons (Fsp3) is 0.440. The molecule has 5 rings (SSSR count). The molecule has 3 aromatic rings. The Kier molecular flexibility index (Phi) is 5.47. The fourth-order valence-corrected chi connectivity index (χ4v) is 4.89. The molecular weight excluding hydrogens is 444 g/mol. The number of nitrogens with zero attached hydrogens (tertiary/aromatic N) is 2. The zero-order chi connectivity index (χ0) is 24.1. The van der Waals surface area contributed by atoms with E-state index in [9.17, 15) is 23.5 Å². The van der Waals surface area contributed by atoms with Crippen LogP contribution in [0.25, 0.3) is 21.9 Å². The smallest absolute Gasteiger partial charge is 0.329 e. The number of furan rings is 1. The van der Waals surface area contributed by atoms with Gasteiger partial charge in [0.2, 0.25) is 5.92 Å². The van der Waals surface area contributed by atoms with Crippen LogP contribution in [-0.2, 0) is 4.79 Å². The van der Waals surface area contributed by atoms with Crippen molar-refractivity contribution in [1.82, 2.24) is 10.2 Å². The maximum Gasteiger partial charge on any atom is 0.329 e. The minimum Gasteiger partial charge on any atom is -0.480 e. The third-order valence-corrected chi connectivity index (χ3v) is 7.18. The van der Waals surface area contributed by atoms with Crippen molar-refractivity contribution in [3.05, 3.63) is 42.0 Å². The Labute approximate surface area is 195 Å². The quantitative estimate of drug-likeness (QED) is 0.596. The number of rotatable bonds is 4. The van der Waals surface area contributed by atoms with Crippen LogP contribution in [0.1, 0.15) is 36.0 Å². The highest BCUT2D eigenvalue weighted by Gasteiger charge is 2.49. The van der Waals surface area contributed by atoms with Crippen molar-refractivity contribution in [2.45, 2.75) is 37.1 Å². The first kappa shape index (κ1) is 22.6. The molecule has 2 N–H and O–H groups in total. The Morgan fingerprint density at radius 3 is 2.21 bits per heavy atom. The number of likely N-dealkylation sites (N-methyl/N-ethyl adjacent to an activating group) is 1. The number of carboxylic acid groups (broad SMARTS) is 1. The van der Waals surface area contributed by atoms with Crippen molar-refractivity contribution >= 4 is 39.5 Å². The van der Waals surface area contributed by atoms with Gasteiger partial charge in [0.15, 0.2) is 0 Å². The predicted molar refractivity (Wildman–Crippen MR) is 125 cm³/mol. The van der Waals surface area contributed by atoms with Crippen molar-refractivity contribution in [3.8, 4) is 0 Å². The minimum atomic E-state index is -2.90. The van der Waals surface area contributed by atoms with Crippen LogP contribution < -0.4 is 10.2 Å². The van der Waals surface area contributed by atoms with Crippen LogP contribution >= 0.6 is 0 Å². The van der Waals surface area contributed by atoms with E-state index in [4.69, 9.17) is 4.42 Å². The molecule has 0 bridgehead atoms. The highest BCUT2D eigenvalue weighted by atomic mass is 19.3. The third kappa shape index (κ3) is 4.09. The van der Waals surface area contributed by atoms with Crippen LogP contribution in [0.5, 0.6) is 0 Å². The molecule has 1 saturated heterocycles. The molecule has 0 spiro atoms. The molecule has 9 heteroatoms. The number of anilines is 1. The van der Waals surface area contributed by atoms with Crippen LogP contribution in [0.15, 0.2) is 40.8 Å². The molecule has 1 aromatic heterocycles. The molecule has 180 valence electrons. The van der Waals surface area contributed by atoms with Crippen molar-refractivity contribution < 1.29 is 27.9 Å². The Morgan fingerprint density at radius 2 is 1.56 bits per heavy atom. The highest BCUT2D eigenvalue weighted by Crippen LogP contribution is 2.39. The summed E-state index contributed by atoms with van der Waals surface area (Å²) in [6, 6.07) is 11.0. The molecule has 2 fully saturated rings. The van der Waals surface area contributed by atoms with E-state index in [1.54, 1.807) is 18.2 Å². The lowest BCUT2D eigenvalue weighted by molar-refractivity contribution is -0.150. The number of alkyl halides is 2. The molecule has 2 aromatic carbocycles. The fourth-order valence-electron chi connectivity index (χ4n) is 4.89. The molecule has 0 unspecified atom stereocenters. The number of carboxylic acids is 1. The van der Waals surface area contributed by atoms with Crippen LogP contribution in [0.2, 0.25) is 0 Å². The largest absolute Gasteiger partial charge is 0.480 e.